The first-order valence-corrected chi connectivity index (χ1v) is 36.4. The number of hydrogen-bond donors (Lipinski definition) is 0. The van der Waals surface area contributed by atoms with Gasteiger partial charge in [-0.15, -0.1) is 0 Å². The van der Waals surface area contributed by atoms with Crippen LogP contribution in [0.25, 0.3) is 16.9 Å². The maximum atomic E-state index is 11.4. The maximum Gasteiger partial charge on any atom is 2.00 e. The van der Waals surface area contributed by atoms with E-state index in [4.69, 9.17) is 13.2 Å². The third kappa shape index (κ3) is 36.5. The van der Waals surface area contributed by atoms with E-state index in [-0.39, 0.29) is 16.5 Å². The molecule has 3 rings (SSSR count). The monoisotopic (exact) mass is 1020 g/mol. The first-order chi connectivity index (χ1) is 32.8. The Bertz CT molecular complexity index is 1580. The maximum absolute atomic E-state index is 11.4. The largest absolute Gasteiger partial charge is 2.00 e. The van der Waals surface area contributed by atoms with Crippen LogP contribution in [0.4, 0.5) is 0 Å². The Hall–Kier alpha value is -2.07. The molecule has 0 fully saturated rings. The van der Waals surface area contributed by atoms with Gasteiger partial charge in [0, 0.05) is 38.9 Å². The Morgan fingerprint density at radius 1 is 0.420 bits per heavy atom. The van der Waals surface area contributed by atoms with Gasteiger partial charge in [0.15, 0.2) is 0 Å². The predicted molar refractivity (Wildman–Crippen MR) is 313 cm³/mol. The summed E-state index contributed by atoms with van der Waals surface area (Å²) in [6.45, 7) is 32.1. The second kappa shape index (κ2) is 43.5. The standard InChI is InChI=1S/C32H48N2Si2.2C16H31.Ni/c1-8-9-10-11-12-30-25-31(28-17-13-26(14-18-28)21-23-35(2,3)4)34(33)32(30)29-19-15-27(16-20-29)22-24-36(5,6)7;2*1-3-5-7-9-11-13-15-16-14-12-10-8-6-4-2;/h13-20,25H,8-12,21-24H2,1-7H3;2*1,3H,4-16H2,2H3;/q;2*-1;+2. The topological polar surface area (TPSA) is 25.3 Å². The van der Waals surface area contributed by atoms with E-state index < -0.39 is 16.1 Å². The minimum Gasteiger partial charge on any atom is -0.518 e. The van der Waals surface area contributed by atoms with E-state index in [1.807, 2.05) is 0 Å². The first-order valence-electron chi connectivity index (χ1n) is 29.0. The van der Waals surface area contributed by atoms with E-state index in [2.05, 4.69) is 115 Å². The summed E-state index contributed by atoms with van der Waals surface area (Å²) in [6.07, 6.45) is 50.2. The van der Waals surface area contributed by atoms with Crippen LogP contribution in [0.1, 0.15) is 242 Å². The molecule has 2 aromatic carbocycles. The molecule has 0 N–H and O–H groups in total. The van der Waals surface area contributed by atoms with E-state index >= 15 is 0 Å². The molecule has 0 saturated heterocycles. The quantitative estimate of drug-likeness (QED) is 0.0276. The molecule has 0 amide bonds. The molecule has 5 heteroatoms. The summed E-state index contributed by atoms with van der Waals surface area (Å²) in [6, 6.07) is 20.4. The van der Waals surface area contributed by atoms with E-state index in [9.17, 15) is 5.53 Å². The molecular weight excluding hydrogens is 912 g/mol. The van der Waals surface area contributed by atoms with Crippen molar-refractivity contribution in [2.45, 2.75) is 284 Å². The summed E-state index contributed by atoms with van der Waals surface area (Å²) in [5.74, 6) is 0. The fourth-order valence-corrected chi connectivity index (χ4v) is 11.0. The predicted octanol–water partition coefficient (Wildman–Crippen LogP) is 22.3. The number of aryl methyl sites for hydroxylation is 2. The van der Waals surface area contributed by atoms with Crippen LogP contribution in [-0.4, -0.2) is 20.8 Å². The van der Waals surface area contributed by atoms with Gasteiger partial charge in [0.1, 0.15) is 0 Å². The average Bonchev–Trinajstić information content (AvgIpc) is 3.65. The molecule has 394 valence electrons. The van der Waals surface area contributed by atoms with Gasteiger partial charge < -0.3 is 18.7 Å². The summed E-state index contributed by atoms with van der Waals surface area (Å²) in [5.41, 5.74) is 19.5. The molecule has 0 radical (unpaired) electrons. The van der Waals surface area contributed by atoms with Gasteiger partial charge in [0.05, 0.1) is 0 Å². The van der Waals surface area contributed by atoms with E-state index in [1.165, 1.54) is 207 Å². The molecule has 0 bridgehead atoms. The molecular formula is C64H110N2NiSi2. The second-order valence-electron chi connectivity index (χ2n) is 22.9. The molecule has 1 heterocycles. The Balaban J connectivity index is 0.00000117. The SMILES string of the molecule is CCCCCCC1=C(c2ccc(CC[Si](C)(C)C)cc2)[N+](=[N-])C(c2ccc(CC[Si](C)(C)C)cc2)=C1.[CH-]=CCCCCCCCCCCCCCC.[CH-]=CCCCCCCCCCCCCCC.[Ni+2]. The van der Waals surface area contributed by atoms with Crippen LogP contribution in [0.3, 0.4) is 0 Å². The fourth-order valence-electron chi connectivity index (χ4n) is 8.91. The first kappa shape index (κ1) is 66.9. The normalized spacial score (nSPS) is 12.5. The number of nitrogens with zero attached hydrogens (tertiary/aromatic N) is 2. The number of hydrogen-bond acceptors (Lipinski definition) is 0. The molecule has 0 unspecified atom stereocenters. The molecule has 0 atom stereocenters. The van der Waals surface area contributed by atoms with Crippen molar-refractivity contribution in [1.82, 2.24) is 0 Å². The van der Waals surface area contributed by atoms with Gasteiger partial charge in [-0.2, -0.15) is 0 Å². The molecule has 0 spiro atoms. The van der Waals surface area contributed by atoms with Crippen LogP contribution in [0, 0.1) is 13.2 Å². The van der Waals surface area contributed by atoms with Crippen LogP contribution < -0.4 is 0 Å². The van der Waals surface area contributed by atoms with Crippen molar-refractivity contribution >= 4 is 27.5 Å². The van der Waals surface area contributed by atoms with Crippen LogP contribution in [-0.2, 0) is 29.3 Å². The Morgan fingerprint density at radius 2 is 0.725 bits per heavy atom. The van der Waals surface area contributed by atoms with Gasteiger partial charge in [0.2, 0.25) is 11.4 Å². The number of allylic oxidation sites excluding steroid dienone is 4. The van der Waals surface area contributed by atoms with Crippen molar-refractivity contribution in [3.63, 3.8) is 0 Å². The third-order valence-corrected chi connectivity index (χ3v) is 17.1. The van der Waals surface area contributed by atoms with Crippen LogP contribution >= 0.6 is 0 Å². The zero-order valence-electron chi connectivity index (χ0n) is 47.0. The summed E-state index contributed by atoms with van der Waals surface area (Å²) >= 11 is 0. The summed E-state index contributed by atoms with van der Waals surface area (Å²) in [7, 11) is -2.10. The van der Waals surface area contributed by atoms with E-state index in [1.54, 1.807) is 12.2 Å². The van der Waals surface area contributed by atoms with Gasteiger partial charge in [-0.25, -0.2) is 4.70 Å². The van der Waals surface area contributed by atoms with Crippen molar-refractivity contribution in [2.75, 3.05) is 0 Å². The average molecular weight is 1020 g/mol. The second-order valence-corrected chi connectivity index (χ2v) is 34.1. The Labute approximate surface area is 443 Å². The number of rotatable bonds is 39. The third-order valence-electron chi connectivity index (χ3n) is 13.6. The number of benzene rings is 2. The molecule has 1 aliphatic heterocycles. The van der Waals surface area contributed by atoms with Crippen molar-refractivity contribution in [1.29, 1.82) is 0 Å². The Morgan fingerprint density at radius 3 is 1.04 bits per heavy atom. The van der Waals surface area contributed by atoms with Crippen LogP contribution in [0.2, 0.25) is 51.4 Å². The zero-order valence-corrected chi connectivity index (χ0v) is 50.0. The van der Waals surface area contributed by atoms with Crippen molar-refractivity contribution in [3.05, 3.63) is 113 Å². The zero-order chi connectivity index (χ0) is 50.1. The van der Waals surface area contributed by atoms with Crippen molar-refractivity contribution < 1.29 is 21.2 Å². The van der Waals surface area contributed by atoms with Crippen molar-refractivity contribution in [2.24, 2.45) is 0 Å². The van der Waals surface area contributed by atoms with E-state index in [0.717, 1.165) is 61.0 Å². The summed E-state index contributed by atoms with van der Waals surface area (Å²) < 4.78 is 1.45. The molecule has 69 heavy (non-hydrogen) atoms. The minimum atomic E-state index is -1.05. The number of unbranched alkanes of at least 4 members (excludes halogenated alkanes) is 27. The smallest absolute Gasteiger partial charge is 0.518 e. The molecule has 0 aromatic heterocycles. The van der Waals surface area contributed by atoms with Gasteiger partial charge in [-0.05, 0) is 61.1 Å². The minimum absolute atomic E-state index is 0. The van der Waals surface area contributed by atoms with Gasteiger partial charge >= 0.3 is 16.5 Å². The molecule has 1 aliphatic rings. The van der Waals surface area contributed by atoms with E-state index in [0.29, 0.717) is 0 Å². The summed E-state index contributed by atoms with van der Waals surface area (Å²) in [4.78, 5) is 0. The summed E-state index contributed by atoms with van der Waals surface area (Å²) in [5, 5.41) is 0. The molecule has 0 saturated carbocycles. The van der Waals surface area contributed by atoms with Crippen molar-refractivity contribution in [3.8, 4) is 0 Å². The van der Waals surface area contributed by atoms with Crippen LogP contribution in [0.15, 0.2) is 72.3 Å². The Kier molecular flexibility index (Phi) is 42.2. The van der Waals surface area contributed by atoms with Gasteiger partial charge in [0.25, 0.3) is 0 Å². The van der Waals surface area contributed by atoms with Gasteiger partial charge in [-0.1, -0.05) is 283 Å². The van der Waals surface area contributed by atoms with Gasteiger partial charge in [-0.3, -0.25) is 12.2 Å². The fraction of sp³-hybridized carbons (Fsp3) is 0.688. The molecule has 0 aliphatic carbocycles. The van der Waals surface area contributed by atoms with Crippen LogP contribution in [0.5, 0.6) is 0 Å². The molecule has 2 nitrogen and oxygen atoms in total. The molecule has 2 aromatic rings.